The van der Waals surface area contributed by atoms with Crippen LogP contribution in [0.15, 0.2) is 48.5 Å². The van der Waals surface area contributed by atoms with Gasteiger partial charge in [-0.25, -0.2) is 9.18 Å². The number of ether oxygens (including phenoxy) is 1. The normalized spacial score (nSPS) is 14.5. The van der Waals surface area contributed by atoms with Crippen molar-refractivity contribution in [1.82, 2.24) is 9.88 Å². The van der Waals surface area contributed by atoms with Crippen LogP contribution < -0.4 is 5.32 Å². The number of esters is 1. The number of nitrogens with zero attached hydrogens (tertiary/aromatic N) is 2. The quantitative estimate of drug-likeness (QED) is 0.529. The molecule has 0 aliphatic carbocycles. The van der Waals surface area contributed by atoms with Crippen LogP contribution in [0.1, 0.15) is 48.3 Å². The van der Waals surface area contributed by atoms with Crippen molar-refractivity contribution in [2.24, 2.45) is 0 Å². The lowest BCUT2D eigenvalue weighted by Crippen LogP contribution is -2.35. The van der Waals surface area contributed by atoms with E-state index in [9.17, 15) is 14.0 Å². The summed E-state index contributed by atoms with van der Waals surface area (Å²) in [6, 6.07) is 13.4. The lowest BCUT2D eigenvalue weighted by molar-refractivity contribution is -0.124. The molecule has 0 saturated carbocycles. The minimum atomic E-state index is -1.05. The zero-order valence-corrected chi connectivity index (χ0v) is 18.9. The number of halogens is 1. The van der Waals surface area contributed by atoms with Gasteiger partial charge in [-0.15, -0.1) is 0 Å². The number of benzene rings is 2. The van der Waals surface area contributed by atoms with E-state index in [1.165, 1.54) is 12.1 Å². The summed E-state index contributed by atoms with van der Waals surface area (Å²) < 4.78 is 19.7. The Kier molecular flexibility index (Phi) is 6.99. The fourth-order valence-corrected chi connectivity index (χ4v) is 4.27. The third kappa shape index (κ3) is 4.88. The molecule has 172 valence electrons. The van der Waals surface area contributed by atoms with Crippen LogP contribution in [0.5, 0.6) is 0 Å². The minimum absolute atomic E-state index is 0.0546. The van der Waals surface area contributed by atoms with Crippen LogP contribution in [0.25, 0.3) is 10.9 Å². The first-order chi connectivity index (χ1) is 16.0. The molecule has 1 N–H and O–H groups in total. The summed E-state index contributed by atoms with van der Waals surface area (Å²) in [5, 5.41) is 3.24. The van der Waals surface area contributed by atoms with E-state index in [-0.39, 0.29) is 12.1 Å². The molecule has 4 rings (SSSR count). The largest absolute Gasteiger partial charge is 0.449 e. The highest BCUT2D eigenvalue weighted by molar-refractivity contribution is 6.06. The first-order valence-electron chi connectivity index (χ1n) is 11.4. The molecule has 2 heterocycles. The average molecular weight is 450 g/mol. The molecule has 1 unspecified atom stereocenters. The second-order valence-electron chi connectivity index (χ2n) is 8.23. The van der Waals surface area contributed by atoms with E-state index in [1.807, 2.05) is 24.3 Å². The van der Waals surface area contributed by atoms with Gasteiger partial charge in [0.2, 0.25) is 0 Å². The maximum absolute atomic E-state index is 14.0. The molecule has 0 spiro atoms. The molecule has 1 aromatic heterocycles. The zero-order valence-electron chi connectivity index (χ0n) is 18.9. The van der Waals surface area contributed by atoms with Crippen LogP contribution >= 0.6 is 0 Å². The number of fused-ring (bicyclic) bond motifs is 2. The number of hydrogen-bond acceptors (Lipinski definition) is 5. The maximum Gasteiger partial charge on any atom is 0.340 e. The Balaban J connectivity index is 1.65. The molecular formula is C26H28FN3O3. The Labute approximate surface area is 192 Å². The van der Waals surface area contributed by atoms with E-state index in [4.69, 9.17) is 9.72 Å². The number of para-hydroxylation sites is 2. The predicted molar refractivity (Wildman–Crippen MR) is 126 cm³/mol. The van der Waals surface area contributed by atoms with Gasteiger partial charge in [-0.3, -0.25) is 14.7 Å². The number of rotatable bonds is 7. The number of hydrogen-bond donors (Lipinski definition) is 1. The fourth-order valence-electron chi connectivity index (χ4n) is 4.27. The van der Waals surface area contributed by atoms with Crippen molar-refractivity contribution in [3.63, 3.8) is 0 Å². The SMILES string of the molecule is CCCN1CCc2nc3ccccc3c(C(=O)OC(CC)C(=O)Nc3ccccc3F)c2C1. The number of nitrogens with one attached hydrogen (secondary N) is 1. The van der Waals surface area contributed by atoms with Gasteiger partial charge in [0, 0.05) is 36.2 Å². The number of pyridine rings is 1. The average Bonchev–Trinajstić information content (AvgIpc) is 2.82. The Morgan fingerprint density at radius 1 is 1.15 bits per heavy atom. The molecular weight excluding hydrogens is 421 g/mol. The number of anilines is 1. The molecule has 33 heavy (non-hydrogen) atoms. The molecule has 0 radical (unpaired) electrons. The molecule has 0 bridgehead atoms. The Morgan fingerprint density at radius 2 is 1.91 bits per heavy atom. The first kappa shape index (κ1) is 22.9. The topological polar surface area (TPSA) is 71.5 Å². The fraction of sp³-hybridized carbons (Fsp3) is 0.346. The second kappa shape index (κ2) is 10.1. The summed E-state index contributed by atoms with van der Waals surface area (Å²) in [5.74, 6) is -1.66. The van der Waals surface area contributed by atoms with Crippen molar-refractivity contribution < 1.29 is 18.7 Å². The lowest BCUT2D eigenvalue weighted by Gasteiger charge is -2.30. The molecule has 1 atom stereocenters. The highest BCUT2D eigenvalue weighted by Gasteiger charge is 2.29. The summed E-state index contributed by atoms with van der Waals surface area (Å²) in [7, 11) is 0. The molecule has 1 aliphatic rings. The van der Waals surface area contributed by atoms with Gasteiger partial charge >= 0.3 is 5.97 Å². The van der Waals surface area contributed by atoms with Crippen molar-refractivity contribution in [3.05, 3.63) is 71.2 Å². The standard InChI is InChI=1S/C26H28FN3O3/c1-3-14-30-15-13-21-18(16-30)24(17-9-5-7-11-20(17)28-21)26(32)33-23(4-2)25(31)29-22-12-8-6-10-19(22)27/h5-12,23H,3-4,13-16H2,1-2H3,(H,29,31). The van der Waals surface area contributed by atoms with E-state index in [1.54, 1.807) is 19.1 Å². The smallest absolute Gasteiger partial charge is 0.340 e. The van der Waals surface area contributed by atoms with E-state index >= 15 is 0 Å². The van der Waals surface area contributed by atoms with E-state index in [0.29, 0.717) is 17.5 Å². The Morgan fingerprint density at radius 3 is 2.67 bits per heavy atom. The van der Waals surface area contributed by atoms with Crippen LogP contribution in [0.3, 0.4) is 0 Å². The third-order valence-electron chi connectivity index (χ3n) is 5.91. The predicted octanol–water partition coefficient (Wildman–Crippen LogP) is 4.72. The maximum atomic E-state index is 14.0. The Hall–Kier alpha value is -3.32. The van der Waals surface area contributed by atoms with Gasteiger partial charge in [0.25, 0.3) is 5.91 Å². The van der Waals surface area contributed by atoms with Crippen molar-refractivity contribution >= 4 is 28.5 Å². The van der Waals surface area contributed by atoms with Gasteiger partial charge in [-0.05, 0) is 37.6 Å². The van der Waals surface area contributed by atoms with Crippen LogP contribution in [0.2, 0.25) is 0 Å². The van der Waals surface area contributed by atoms with E-state index in [0.717, 1.165) is 42.7 Å². The molecule has 1 aliphatic heterocycles. The van der Waals surface area contributed by atoms with Crippen molar-refractivity contribution in [2.45, 2.75) is 45.8 Å². The first-order valence-corrected chi connectivity index (χ1v) is 11.4. The van der Waals surface area contributed by atoms with Crippen LogP contribution in [-0.4, -0.2) is 41.0 Å². The van der Waals surface area contributed by atoms with E-state index in [2.05, 4.69) is 17.1 Å². The minimum Gasteiger partial charge on any atom is -0.449 e. The molecule has 1 amide bonds. The zero-order chi connectivity index (χ0) is 23.4. The number of carbonyl (C=O) groups excluding carboxylic acids is 2. The third-order valence-corrected chi connectivity index (χ3v) is 5.91. The highest BCUT2D eigenvalue weighted by Crippen LogP contribution is 2.29. The van der Waals surface area contributed by atoms with Gasteiger partial charge < -0.3 is 10.1 Å². The van der Waals surface area contributed by atoms with Gasteiger partial charge in [0.1, 0.15) is 5.82 Å². The number of aromatic nitrogens is 1. The molecule has 7 heteroatoms. The summed E-state index contributed by atoms with van der Waals surface area (Å²) >= 11 is 0. The van der Waals surface area contributed by atoms with Crippen LogP contribution in [0.4, 0.5) is 10.1 Å². The van der Waals surface area contributed by atoms with Gasteiger partial charge in [0.15, 0.2) is 6.10 Å². The monoisotopic (exact) mass is 449 g/mol. The highest BCUT2D eigenvalue weighted by atomic mass is 19.1. The molecule has 0 saturated heterocycles. The lowest BCUT2D eigenvalue weighted by atomic mass is 9.95. The van der Waals surface area contributed by atoms with Crippen LogP contribution in [-0.2, 0) is 22.5 Å². The summed E-state index contributed by atoms with van der Waals surface area (Å²) in [4.78, 5) is 33.3. The van der Waals surface area contributed by atoms with Gasteiger partial charge in [-0.2, -0.15) is 0 Å². The number of carbonyl (C=O) groups is 2. The van der Waals surface area contributed by atoms with Gasteiger partial charge in [-0.1, -0.05) is 44.2 Å². The summed E-state index contributed by atoms with van der Waals surface area (Å²) in [6.07, 6.45) is 0.990. The van der Waals surface area contributed by atoms with Crippen molar-refractivity contribution in [3.8, 4) is 0 Å². The molecule has 0 fully saturated rings. The molecule has 3 aromatic rings. The molecule has 6 nitrogen and oxygen atoms in total. The number of amides is 1. The van der Waals surface area contributed by atoms with Crippen molar-refractivity contribution in [2.75, 3.05) is 18.4 Å². The summed E-state index contributed by atoms with van der Waals surface area (Å²) in [5.41, 5.74) is 3.02. The van der Waals surface area contributed by atoms with E-state index < -0.39 is 23.8 Å². The van der Waals surface area contributed by atoms with Crippen molar-refractivity contribution in [1.29, 1.82) is 0 Å². The van der Waals surface area contributed by atoms with Crippen LogP contribution in [0, 0.1) is 5.82 Å². The second-order valence-corrected chi connectivity index (χ2v) is 8.23. The molecule has 2 aromatic carbocycles. The van der Waals surface area contributed by atoms with Gasteiger partial charge in [0.05, 0.1) is 16.8 Å². The summed E-state index contributed by atoms with van der Waals surface area (Å²) in [6.45, 7) is 6.32. The Bertz CT molecular complexity index is 1180.